The van der Waals surface area contributed by atoms with Crippen molar-refractivity contribution in [2.45, 2.75) is 51.1 Å². The molecule has 0 heterocycles. The molecule has 2 aromatic carbocycles. The van der Waals surface area contributed by atoms with Gasteiger partial charge in [0.15, 0.2) is 9.84 Å². The summed E-state index contributed by atoms with van der Waals surface area (Å²) >= 11 is 0. The summed E-state index contributed by atoms with van der Waals surface area (Å²) in [7, 11) is -7.04. The van der Waals surface area contributed by atoms with E-state index in [0.717, 1.165) is 23.6 Å². The Kier molecular flexibility index (Phi) is 7.54. The zero-order valence-corrected chi connectivity index (χ0v) is 20.3. The normalized spacial score (nSPS) is 14.0. The van der Waals surface area contributed by atoms with E-state index in [0.29, 0.717) is 11.3 Å². The fraction of sp³-hybridized carbons (Fsp3) is 0.409. The Bertz CT molecular complexity index is 1160. The average molecular weight is 467 g/mol. The highest BCUT2D eigenvalue weighted by atomic mass is 32.2. The van der Waals surface area contributed by atoms with Gasteiger partial charge in [0, 0.05) is 6.26 Å². The van der Waals surface area contributed by atoms with Gasteiger partial charge in [-0.15, -0.1) is 0 Å². The molecule has 2 aromatic rings. The molecular formula is C22H30N2O5S2. The van der Waals surface area contributed by atoms with E-state index >= 15 is 0 Å². The fourth-order valence-corrected chi connectivity index (χ4v) is 5.28. The predicted molar refractivity (Wildman–Crippen MR) is 123 cm³/mol. The van der Waals surface area contributed by atoms with E-state index in [2.05, 4.69) is 5.32 Å². The van der Waals surface area contributed by atoms with E-state index in [1.807, 2.05) is 26.0 Å². The van der Waals surface area contributed by atoms with Crippen LogP contribution in [0, 0.1) is 13.8 Å². The summed E-state index contributed by atoms with van der Waals surface area (Å²) in [4.78, 5) is 13.3. The van der Waals surface area contributed by atoms with Gasteiger partial charge in [-0.3, -0.25) is 9.10 Å². The van der Waals surface area contributed by atoms with Crippen molar-refractivity contribution < 1.29 is 21.6 Å². The molecule has 31 heavy (non-hydrogen) atoms. The first-order valence-electron chi connectivity index (χ1n) is 9.92. The Labute approximate surface area is 185 Å². The van der Waals surface area contributed by atoms with Crippen LogP contribution in [0.4, 0.5) is 5.69 Å². The summed E-state index contributed by atoms with van der Waals surface area (Å²) in [6.45, 7) is 7.21. The second kappa shape index (κ2) is 9.40. The van der Waals surface area contributed by atoms with E-state index in [1.54, 1.807) is 32.0 Å². The molecule has 0 fully saturated rings. The fourth-order valence-electron chi connectivity index (χ4n) is 3.39. The van der Waals surface area contributed by atoms with Gasteiger partial charge in [0.05, 0.1) is 22.9 Å². The SMILES string of the molecule is CCC(C(=O)NC(C)c1ccc(S(C)(=O)=O)cc1)N(c1cc(C)ccc1C)S(C)(=O)=O. The maximum absolute atomic E-state index is 13.1. The van der Waals surface area contributed by atoms with Crippen LogP contribution in [-0.2, 0) is 24.7 Å². The number of anilines is 1. The molecule has 7 nitrogen and oxygen atoms in total. The largest absolute Gasteiger partial charge is 0.348 e. The minimum absolute atomic E-state index is 0.194. The molecule has 0 saturated heterocycles. The first kappa shape index (κ1) is 24.9. The lowest BCUT2D eigenvalue weighted by Gasteiger charge is -2.32. The van der Waals surface area contributed by atoms with Gasteiger partial charge in [0.2, 0.25) is 15.9 Å². The second-order valence-corrected chi connectivity index (χ2v) is 11.7. The van der Waals surface area contributed by atoms with Crippen molar-refractivity contribution in [2.24, 2.45) is 0 Å². The summed E-state index contributed by atoms with van der Waals surface area (Å²) in [5, 5.41) is 2.87. The molecule has 1 amide bonds. The number of aryl methyl sites for hydroxylation is 2. The Balaban J connectivity index is 2.34. The van der Waals surface area contributed by atoms with Crippen molar-refractivity contribution in [2.75, 3.05) is 16.8 Å². The van der Waals surface area contributed by atoms with Crippen molar-refractivity contribution in [3.8, 4) is 0 Å². The van der Waals surface area contributed by atoms with Crippen molar-refractivity contribution in [1.29, 1.82) is 0 Å². The van der Waals surface area contributed by atoms with Crippen molar-refractivity contribution in [1.82, 2.24) is 5.32 Å². The first-order chi connectivity index (χ1) is 14.3. The molecule has 0 saturated carbocycles. The van der Waals surface area contributed by atoms with E-state index in [4.69, 9.17) is 0 Å². The number of sulfonamides is 1. The van der Waals surface area contributed by atoms with Crippen molar-refractivity contribution in [3.63, 3.8) is 0 Å². The average Bonchev–Trinajstić information content (AvgIpc) is 2.66. The van der Waals surface area contributed by atoms with Crippen LogP contribution in [0.15, 0.2) is 47.4 Å². The van der Waals surface area contributed by atoms with Crippen LogP contribution in [0.2, 0.25) is 0 Å². The zero-order valence-electron chi connectivity index (χ0n) is 18.7. The van der Waals surface area contributed by atoms with Crippen LogP contribution in [0.1, 0.15) is 43.0 Å². The standard InChI is InChI=1S/C22H30N2O5S2/c1-7-20(24(31(6,28)29)21-14-15(2)8-9-16(21)3)22(25)23-17(4)18-10-12-19(13-11-18)30(5,26)27/h8-14,17,20H,7H2,1-6H3,(H,23,25). The van der Waals surface area contributed by atoms with Gasteiger partial charge in [-0.05, 0) is 62.1 Å². The summed E-state index contributed by atoms with van der Waals surface area (Å²) in [6.07, 6.45) is 2.51. The maximum Gasteiger partial charge on any atom is 0.244 e. The third-order valence-electron chi connectivity index (χ3n) is 5.10. The minimum atomic E-state index is -3.73. The number of nitrogens with zero attached hydrogens (tertiary/aromatic N) is 1. The maximum atomic E-state index is 13.1. The second-order valence-electron chi connectivity index (χ2n) is 7.84. The molecule has 170 valence electrons. The monoisotopic (exact) mass is 466 g/mol. The topological polar surface area (TPSA) is 101 Å². The van der Waals surface area contributed by atoms with Crippen LogP contribution in [0.25, 0.3) is 0 Å². The number of benzene rings is 2. The predicted octanol–water partition coefficient (Wildman–Crippen LogP) is 3.13. The number of hydrogen-bond donors (Lipinski definition) is 1. The van der Waals surface area contributed by atoms with E-state index in [1.165, 1.54) is 16.4 Å². The van der Waals surface area contributed by atoms with Gasteiger partial charge in [0.25, 0.3) is 0 Å². The summed E-state index contributed by atoms with van der Waals surface area (Å²) in [6, 6.07) is 10.4. The molecule has 0 aliphatic heterocycles. The Hall–Kier alpha value is -2.39. The lowest BCUT2D eigenvalue weighted by atomic mass is 10.1. The summed E-state index contributed by atoms with van der Waals surface area (Å²) in [5.41, 5.74) is 2.85. The van der Waals surface area contributed by atoms with Crippen LogP contribution < -0.4 is 9.62 Å². The molecule has 1 N–H and O–H groups in total. The molecule has 0 bridgehead atoms. The van der Waals surface area contributed by atoms with E-state index < -0.39 is 37.9 Å². The molecule has 2 rings (SSSR count). The lowest BCUT2D eigenvalue weighted by molar-refractivity contribution is -0.122. The molecule has 9 heteroatoms. The third kappa shape index (κ3) is 6.07. The molecule has 0 radical (unpaired) electrons. The quantitative estimate of drug-likeness (QED) is 0.644. The molecular weight excluding hydrogens is 436 g/mol. The van der Waals surface area contributed by atoms with Crippen LogP contribution in [0.3, 0.4) is 0 Å². The molecule has 0 aromatic heterocycles. The molecule has 0 spiro atoms. The number of rotatable bonds is 8. The highest BCUT2D eigenvalue weighted by Gasteiger charge is 2.33. The smallest absolute Gasteiger partial charge is 0.244 e. The Morgan fingerprint density at radius 2 is 1.58 bits per heavy atom. The lowest BCUT2D eigenvalue weighted by Crippen LogP contribution is -2.50. The number of sulfone groups is 1. The molecule has 2 unspecified atom stereocenters. The number of hydrogen-bond acceptors (Lipinski definition) is 5. The van der Waals surface area contributed by atoms with Crippen molar-refractivity contribution >= 4 is 31.5 Å². The van der Waals surface area contributed by atoms with Crippen LogP contribution >= 0.6 is 0 Å². The molecule has 0 aliphatic rings. The van der Waals surface area contributed by atoms with E-state index in [-0.39, 0.29) is 11.3 Å². The summed E-state index contributed by atoms with van der Waals surface area (Å²) < 4.78 is 49.8. The van der Waals surface area contributed by atoms with Gasteiger partial charge in [-0.1, -0.05) is 31.2 Å². The van der Waals surface area contributed by atoms with Crippen LogP contribution in [0.5, 0.6) is 0 Å². The first-order valence-corrected chi connectivity index (χ1v) is 13.7. The van der Waals surface area contributed by atoms with Gasteiger partial charge in [-0.25, -0.2) is 16.8 Å². The van der Waals surface area contributed by atoms with Gasteiger partial charge < -0.3 is 5.32 Å². The number of carbonyl (C=O) groups is 1. The van der Waals surface area contributed by atoms with Crippen LogP contribution in [-0.4, -0.2) is 41.3 Å². The highest BCUT2D eigenvalue weighted by molar-refractivity contribution is 7.92. The number of carbonyl (C=O) groups excluding carboxylic acids is 1. The van der Waals surface area contributed by atoms with Crippen molar-refractivity contribution in [3.05, 3.63) is 59.2 Å². The Morgan fingerprint density at radius 3 is 2.06 bits per heavy atom. The van der Waals surface area contributed by atoms with Gasteiger partial charge in [0.1, 0.15) is 6.04 Å². The van der Waals surface area contributed by atoms with E-state index in [9.17, 15) is 21.6 Å². The molecule has 0 aliphatic carbocycles. The van der Waals surface area contributed by atoms with Gasteiger partial charge >= 0.3 is 0 Å². The Morgan fingerprint density at radius 1 is 1.00 bits per heavy atom. The third-order valence-corrected chi connectivity index (χ3v) is 7.39. The number of nitrogens with one attached hydrogen (secondary N) is 1. The zero-order chi connectivity index (χ0) is 23.6. The summed E-state index contributed by atoms with van der Waals surface area (Å²) in [5.74, 6) is -0.423. The number of amides is 1. The van der Waals surface area contributed by atoms with Gasteiger partial charge in [-0.2, -0.15) is 0 Å². The highest BCUT2D eigenvalue weighted by Crippen LogP contribution is 2.28. The minimum Gasteiger partial charge on any atom is -0.348 e. The molecule has 2 atom stereocenters.